The predicted octanol–water partition coefficient (Wildman–Crippen LogP) is 4.78. The maximum Gasteiger partial charge on any atom is 0.129 e. The first-order chi connectivity index (χ1) is 12.0. The van der Waals surface area contributed by atoms with Gasteiger partial charge in [0.1, 0.15) is 5.84 Å². The van der Waals surface area contributed by atoms with Gasteiger partial charge in [-0.25, -0.2) is 4.99 Å². The van der Waals surface area contributed by atoms with Crippen molar-refractivity contribution in [2.24, 2.45) is 16.5 Å². The molecule has 4 N–H and O–H groups in total. The van der Waals surface area contributed by atoms with Gasteiger partial charge in [-0.3, -0.25) is 0 Å². The number of rotatable bonds is 6. The molecule has 1 unspecified atom stereocenters. The van der Waals surface area contributed by atoms with Gasteiger partial charge in [-0.05, 0) is 30.9 Å². The van der Waals surface area contributed by atoms with Crippen molar-refractivity contribution in [1.82, 2.24) is 0 Å². The lowest BCUT2D eigenvalue weighted by molar-refractivity contribution is 0.762. The van der Waals surface area contributed by atoms with Crippen molar-refractivity contribution in [1.29, 1.82) is 5.26 Å². The van der Waals surface area contributed by atoms with Crippen molar-refractivity contribution in [3.8, 4) is 6.07 Å². The van der Waals surface area contributed by atoms with Gasteiger partial charge in [0, 0.05) is 16.3 Å². The van der Waals surface area contributed by atoms with E-state index in [9.17, 15) is 5.26 Å². The van der Waals surface area contributed by atoms with Gasteiger partial charge in [0.2, 0.25) is 0 Å². The average molecular weight is 357 g/mol. The van der Waals surface area contributed by atoms with Crippen LogP contribution >= 0.6 is 11.6 Å². The quantitative estimate of drug-likeness (QED) is 0.768. The molecule has 132 valence electrons. The molecular weight excluding hydrogens is 332 g/mol. The van der Waals surface area contributed by atoms with Gasteiger partial charge >= 0.3 is 0 Å². The summed E-state index contributed by atoms with van der Waals surface area (Å²) in [5.74, 6) is 0.0515. The Labute approximate surface area is 154 Å². The monoisotopic (exact) mass is 356 g/mol. The number of amidine groups is 1. The third kappa shape index (κ3) is 4.05. The van der Waals surface area contributed by atoms with E-state index in [0.717, 1.165) is 42.5 Å². The molecular formula is C20H25ClN4. The number of benzene rings is 1. The van der Waals surface area contributed by atoms with Crippen LogP contribution in [0.2, 0.25) is 5.02 Å². The Kier molecular flexibility index (Phi) is 6.66. The first-order valence-electron chi connectivity index (χ1n) is 8.75. The molecule has 1 aromatic carbocycles. The largest absolute Gasteiger partial charge is 0.402 e. The lowest BCUT2D eigenvalue weighted by Gasteiger charge is -2.28. The summed E-state index contributed by atoms with van der Waals surface area (Å²) in [5, 5.41) is 10.5. The predicted molar refractivity (Wildman–Crippen MR) is 104 cm³/mol. The van der Waals surface area contributed by atoms with E-state index in [1.165, 1.54) is 0 Å². The van der Waals surface area contributed by atoms with Crippen molar-refractivity contribution in [3.63, 3.8) is 0 Å². The lowest BCUT2D eigenvalue weighted by atomic mass is 9.79. The maximum absolute atomic E-state index is 9.85. The topological polar surface area (TPSA) is 88.2 Å². The first kappa shape index (κ1) is 19.1. The molecule has 0 fully saturated rings. The van der Waals surface area contributed by atoms with Crippen LogP contribution in [-0.4, -0.2) is 5.84 Å². The normalized spacial score (nSPS) is 19.4. The van der Waals surface area contributed by atoms with Crippen molar-refractivity contribution >= 4 is 17.4 Å². The molecule has 1 aliphatic rings. The van der Waals surface area contributed by atoms with Gasteiger partial charge in [0.25, 0.3) is 0 Å². The van der Waals surface area contributed by atoms with Gasteiger partial charge in [-0.1, -0.05) is 56.5 Å². The minimum Gasteiger partial charge on any atom is -0.402 e. The third-order valence-electron chi connectivity index (χ3n) is 4.39. The van der Waals surface area contributed by atoms with Gasteiger partial charge in [-0.2, -0.15) is 5.26 Å². The average Bonchev–Trinajstić information content (AvgIpc) is 2.60. The molecule has 4 nitrogen and oxygen atoms in total. The summed E-state index contributed by atoms with van der Waals surface area (Å²) >= 11 is 6.45. The third-order valence-corrected chi connectivity index (χ3v) is 4.73. The Morgan fingerprint density at radius 3 is 2.60 bits per heavy atom. The van der Waals surface area contributed by atoms with E-state index in [1.807, 2.05) is 24.3 Å². The SMILES string of the molecule is CCCCC(N)=C1C(N)=NC(CCC)=C(C#N)C1c1ccccc1Cl. The van der Waals surface area contributed by atoms with E-state index >= 15 is 0 Å². The second kappa shape index (κ2) is 8.73. The highest BCUT2D eigenvalue weighted by Gasteiger charge is 2.33. The van der Waals surface area contributed by atoms with E-state index in [-0.39, 0.29) is 5.92 Å². The summed E-state index contributed by atoms with van der Waals surface area (Å²) in [6.07, 6.45) is 4.31. The Bertz CT molecular complexity index is 768. The highest BCUT2D eigenvalue weighted by molar-refractivity contribution is 6.31. The number of halogens is 1. The van der Waals surface area contributed by atoms with Crippen LogP contribution in [0, 0.1) is 11.3 Å². The molecule has 0 bridgehead atoms. The fourth-order valence-electron chi connectivity index (χ4n) is 3.15. The summed E-state index contributed by atoms with van der Waals surface area (Å²) in [4.78, 5) is 4.51. The Hall–Kier alpha value is -2.25. The van der Waals surface area contributed by atoms with Crippen LogP contribution in [0.5, 0.6) is 0 Å². The number of aliphatic imine (C=N–C) groups is 1. The van der Waals surface area contributed by atoms with Crippen molar-refractivity contribution in [2.75, 3.05) is 0 Å². The number of allylic oxidation sites excluding steroid dienone is 3. The summed E-state index contributed by atoms with van der Waals surface area (Å²) in [6.45, 7) is 4.17. The zero-order valence-corrected chi connectivity index (χ0v) is 15.6. The summed E-state index contributed by atoms with van der Waals surface area (Å²) in [6, 6.07) is 9.89. The van der Waals surface area contributed by atoms with Gasteiger partial charge in [0.05, 0.1) is 23.3 Å². The molecule has 0 saturated carbocycles. The summed E-state index contributed by atoms with van der Waals surface area (Å²) in [5.41, 5.74) is 16.3. The van der Waals surface area contributed by atoms with Crippen molar-refractivity contribution in [3.05, 3.63) is 57.4 Å². The van der Waals surface area contributed by atoms with Crippen molar-refractivity contribution < 1.29 is 0 Å². The fourth-order valence-corrected chi connectivity index (χ4v) is 3.40. The maximum atomic E-state index is 9.85. The van der Waals surface area contributed by atoms with Gasteiger partial charge in [-0.15, -0.1) is 0 Å². The van der Waals surface area contributed by atoms with E-state index < -0.39 is 0 Å². The Morgan fingerprint density at radius 2 is 2.00 bits per heavy atom. The second-order valence-electron chi connectivity index (χ2n) is 6.22. The molecule has 25 heavy (non-hydrogen) atoms. The molecule has 0 amide bonds. The van der Waals surface area contributed by atoms with Crippen LogP contribution in [0.25, 0.3) is 0 Å². The molecule has 1 heterocycles. The molecule has 1 aromatic rings. The second-order valence-corrected chi connectivity index (χ2v) is 6.62. The number of nitriles is 1. The lowest BCUT2D eigenvalue weighted by Crippen LogP contribution is -2.29. The van der Waals surface area contributed by atoms with Crippen molar-refractivity contribution in [2.45, 2.75) is 51.9 Å². The number of nitrogens with zero attached hydrogens (tertiary/aromatic N) is 2. The van der Waals surface area contributed by atoms with E-state index in [2.05, 4.69) is 24.9 Å². The van der Waals surface area contributed by atoms with Crippen LogP contribution < -0.4 is 11.5 Å². The van der Waals surface area contributed by atoms with Crippen LogP contribution in [0.15, 0.2) is 51.8 Å². The number of nitrogens with two attached hydrogens (primary N) is 2. The number of hydrogen-bond donors (Lipinski definition) is 2. The van der Waals surface area contributed by atoms with Crippen LogP contribution in [0.4, 0.5) is 0 Å². The summed E-state index contributed by atoms with van der Waals surface area (Å²) < 4.78 is 0. The molecule has 0 aromatic heterocycles. The standard InChI is InChI=1S/C20H25ClN4/c1-3-5-11-16(23)19-18(13-9-6-7-10-15(13)21)14(12-22)17(8-4-2)25-20(19)24/h6-7,9-10,18H,3-5,8,11,23H2,1-2H3,(H2,24,25). The first-order valence-corrected chi connectivity index (χ1v) is 9.13. The smallest absolute Gasteiger partial charge is 0.129 e. The van der Waals surface area contributed by atoms with E-state index in [0.29, 0.717) is 28.5 Å². The van der Waals surface area contributed by atoms with Gasteiger partial charge < -0.3 is 11.5 Å². The molecule has 0 radical (unpaired) electrons. The van der Waals surface area contributed by atoms with E-state index in [4.69, 9.17) is 23.1 Å². The van der Waals surface area contributed by atoms with Crippen LogP contribution in [0.1, 0.15) is 57.4 Å². The Morgan fingerprint density at radius 1 is 1.28 bits per heavy atom. The minimum atomic E-state index is -0.352. The number of hydrogen-bond acceptors (Lipinski definition) is 4. The van der Waals surface area contributed by atoms with Crippen LogP contribution in [0.3, 0.4) is 0 Å². The highest BCUT2D eigenvalue weighted by atomic mass is 35.5. The molecule has 0 spiro atoms. The van der Waals surface area contributed by atoms with Crippen LogP contribution in [-0.2, 0) is 0 Å². The molecule has 2 rings (SSSR count). The fraction of sp³-hybridized carbons (Fsp3) is 0.400. The zero-order chi connectivity index (χ0) is 18.4. The Balaban J connectivity index is 2.70. The highest BCUT2D eigenvalue weighted by Crippen LogP contribution is 2.42. The van der Waals surface area contributed by atoms with E-state index in [1.54, 1.807) is 0 Å². The van der Waals surface area contributed by atoms with Gasteiger partial charge in [0.15, 0.2) is 0 Å². The molecule has 5 heteroatoms. The molecule has 1 atom stereocenters. The zero-order valence-electron chi connectivity index (χ0n) is 14.8. The number of unbranched alkanes of at least 4 members (excludes halogenated alkanes) is 1. The molecule has 0 aliphatic carbocycles. The molecule has 0 saturated heterocycles. The summed E-state index contributed by atoms with van der Waals surface area (Å²) in [7, 11) is 0. The minimum absolute atomic E-state index is 0.352. The molecule has 1 aliphatic heterocycles.